The molecule has 98 heavy (non-hydrogen) atoms. The van der Waals surface area contributed by atoms with Crippen molar-refractivity contribution in [3.63, 3.8) is 0 Å². The van der Waals surface area contributed by atoms with Gasteiger partial charge in [0.1, 0.15) is 0 Å². The first-order chi connectivity index (χ1) is 46.8. The van der Waals surface area contributed by atoms with Crippen molar-refractivity contribution in [2.45, 2.75) is 143 Å². The summed E-state index contributed by atoms with van der Waals surface area (Å²) in [6.45, 7) is 23.1. The van der Waals surface area contributed by atoms with E-state index >= 15 is 0 Å². The largest absolute Gasteiger partial charge is 0.384 e. The fraction of sp³-hybridized carbons (Fsp3) is 0.513. The molecule has 6 N–H and O–H groups in total. The van der Waals surface area contributed by atoms with E-state index in [0.29, 0.717) is 153 Å². The molecule has 5 aromatic rings. The van der Waals surface area contributed by atoms with Crippen molar-refractivity contribution in [1.82, 2.24) is 15.1 Å². The maximum absolute atomic E-state index is 13.0. The highest BCUT2D eigenvalue weighted by atomic mass is 32.2. The van der Waals surface area contributed by atoms with E-state index < -0.39 is 26.1 Å². The van der Waals surface area contributed by atoms with E-state index in [0.717, 1.165) is 72.7 Å². The number of carbonyl (C=O) groups excluding carboxylic acids is 2. The lowest BCUT2D eigenvalue weighted by Crippen LogP contribution is -2.40. The zero-order chi connectivity index (χ0) is 70.1. The number of nitrogens with two attached hydrogens (primary N) is 1. The molecule has 3 heterocycles. The number of nitrogens with zero attached hydrogens (tertiary/aromatic N) is 4. The van der Waals surface area contributed by atoms with Crippen LogP contribution < -0.4 is 26.2 Å². The first-order valence-corrected chi connectivity index (χ1v) is 38.0. The summed E-state index contributed by atoms with van der Waals surface area (Å²) in [6.07, 6.45) is 16.6. The fourth-order valence-corrected chi connectivity index (χ4v) is 15.3. The minimum Gasteiger partial charge on any atom is -0.384 e. The van der Waals surface area contributed by atoms with E-state index in [4.69, 9.17) is 34.5 Å². The van der Waals surface area contributed by atoms with Gasteiger partial charge in [-0.1, -0.05) is 120 Å². The second-order valence-corrected chi connectivity index (χ2v) is 31.1. The highest BCUT2D eigenvalue weighted by Gasteiger charge is 2.43. The molecule has 22 heteroatoms. The van der Waals surface area contributed by atoms with Gasteiger partial charge in [0, 0.05) is 79.4 Å². The number of ketones is 1. The molecule has 9 rings (SSSR count). The van der Waals surface area contributed by atoms with Gasteiger partial charge in [0.05, 0.1) is 98.6 Å². The minimum atomic E-state index is -4.07. The van der Waals surface area contributed by atoms with E-state index in [-0.39, 0.29) is 39.6 Å². The molecule has 1 atom stereocenters. The number of hydrogen-bond acceptors (Lipinski definition) is 16. The van der Waals surface area contributed by atoms with Crippen molar-refractivity contribution in [3.05, 3.63) is 177 Å². The lowest BCUT2D eigenvalue weighted by Gasteiger charge is -2.33. The van der Waals surface area contributed by atoms with Gasteiger partial charge >= 0.3 is 0 Å². The van der Waals surface area contributed by atoms with Crippen LogP contribution in [-0.4, -0.2) is 157 Å². The Kier molecular flexibility index (Phi) is 26.5. The number of primary amides is 1. The summed E-state index contributed by atoms with van der Waals surface area (Å²) in [4.78, 5) is 30.0. The van der Waals surface area contributed by atoms with Gasteiger partial charge in [-0.15, -0.1) is 0 Å². The van der Waals surface area contributed by atoms with Crippen LogP contribution in [0.2, 0.25) is 0 Å². The van der Waals surface area contributed by atoms with Crippen LogP contribution in [-0.2, 0) is 67.7 Å². The van der Waals surface area contributed by atoms with Crippen LogP contribution in [0.4, 0.5) is 17.1 Å². The zero-order valence-electron chi connectivity index (χ0n) is 58.4. The summed E-state index contributed by atoms with van der Waals surface area (Å²) >= 11 is 0. The Morgan fingerprint density at radius 2 is 1.28 bits per heavy atom. The molecule has 2 aliphatic heterocycles. The molecule has 0 radical (unpaired) electrons. The SMILES string of the molecule is Cc1nn(-c2ccc(C(N)=O)c(NCCCOCCOCCOCCOCCOCCCNCc3ccc(C4=C(/C=C/C5N(CCCCS(=O)(=O)O)c6ccccc6C5(C)C)CCC/C4=C\C=C4\N(CCCCS(=O)(=O)O)c5ccccc5C4(C)C)cc3)c2)c2c1C(=O)CC(C)(C)C2. The van der Waals surface area contributed by atoms with E-state index in [1.54, 1.807) is 6.07 Å². The average Bonchev–Trinajstić information content (AvgIpc) is 1.61. The Bertz CT molecular complexity index is 3910. The Morgan fingerprint density at radius 1 is 0.684 bits per heavy atom. The van der Waals surface area contributed by atoms with Gasteiger partial charge in [-0.05, 0) is 158 Å². The summed E-state index contributed by atoms with van der Waals surface area (Å²) in [5, 5.41) is 11.6. The van der Waals surface area contributed by atoms with E-state index in [1.807, 2.05) is 29.8 Å². The first kappa shape index (κ1) is 75.4. The average molecular weight is 1390 g/mol. The van der Waals surface area contributed by atoms with Crippen LogP contribution in [0.5, 0.6) is 0 Å². The smallest absolute Gasteiger partial charge is 0.264 e. The van der Waals surface area contributed by atoms with Crippen molar-refractivity contribution < 1.29 is 59.2 Å². The predicted octanol–water partition coefficient (Wildman–Crippen LogP) is 12.1. The van der Waals surface area contributed by atoms with E-state index in [2.05, 4.69) is 153 Å². The second kappa shape index (κ2) is 34.5. The molecular weight excluding hydrogens is 1280 g/mol. The molecular formula is C76H103N7O13S2. The molecule has 0 saturated carbocycles. The lowest BCUT2D eigenvalue weighted by molar-refractivity contribution is -0.0111. The monoisotopic (exact) mass is 1390 g/mol. The summed E-state index contributed by atoms with van der Waals surface area (Å²) in [5.41, 5.74) is 20.8. The Hall–Kier alpha value is -6.83. The molecule has 0 bridgehead atoms. The number of amides is 1. The maximum Gasteiger partial charge on any atom is 0.264 e. The molecule has 0 fully saturated rings. The molecule has 1 unspecified atom stereocenters. The van der Waals surface area contributed by atoms with Crippen molar-refractivity contribution in [2.75, 3.05) is 119 Å². The number of unbranched alkanes of at least 4 members (excludes halogenated alkanes) is 2. The van der Waals surface area contributed by atoms with Gasteiger partial charge in [-0.25, -0.2) is 4.68 Å². The van der Waals surface area contributed by atoms with Crippen LogP contribution in [0.3, 0.4) is 0 Å². The summed E-state index contributed by atoms with van der Waals surface area (Å²) in [6, 6.07) is 31.1. The predicted molar refractivity (Wildman–Crippen MR) is 388 cm³/mol. The molecule has 4 aromatic carbocycles. The Labute approximate surface area is 580 Å². The van der Waals surface area contributed by atoms with Gasteiger partial charge in [0.25, 0.3) is 26.1 Å². The number of hydrogen-bond donors (Lipinski definition) is 5. The zero-order valence-corrected chi connectivity index (χ0v) is 60.0. The number of aryl methyl sites for hydroxylation is 1. The van der Waals surface area contributed by atoms with Crippen LogP contribution >= 0.6 is 0 Å². The summed E-state index contributed by atoms with van der Waals surface area (Å²) < 4.78 is 96.2. The standard InChI is InChI=1S/C76H103N7O13S2/c1-55-71-67(52-74(2,3)53-68(71)84)83(80-55)60-31-32-61(73(77)85)64(51-60)79-36-18-40-93-42-44-95-46-48-96-47-45-94-43-41-92-39-17-35-78-54-56-25-27-59(28-26-56)72-57(29-33-69-75(4,5)62-21-8-10-23-65(62)81(69)37-12-14-49-97(86,87)88)19-16-20-58(72)30-34-70-76(6,7)63-22-9-11-24-66(63)82(70)38-13-15-50-98(89,90)91/h8-11,21-34,51,69,78-79H,12-20,35-50,52-54H2,1-7H3,(H2,77,85)(H,86,87,88)(H,89,90,91)/b33-29+,58-30+,70-34+. The third kappa shape index (κ3) is 20.2. The summed E-state index contributed by atoms with van der Waals surface area (Å²) in [7, 11) is -8.13. The Balaban J connectivity index is 0.699. The van der Waals surface area contributed by atoms with Gasteiger partial charge < -0.3 is 49.9 Å². The minimum absolute atomic E-state index is 0.0112. The molecule has 532 valence electrons. The van der Waals surface area contributed by atoms with Gasteiger partial charge in [0.2, 0.25) is 0 Å². The highest BCUT2D eigenvalue weighted by Crippen LogP contribution is 2.50. The number of fused-ring (bicyclic) bond motifs is 3. The highest BCUT2D eigenvalue weighted by molar-refractivity contribution is 7.86. The second-order valence-electron chi connectivity index (χ2n) is 27.9. The molecule has 0 spiro atoms. The number of benzene rings is 4. The van der Waals surface area contributed by atoms with Crippen molar-refractivity contribution in [3.8, 4) is 5.69 Å². The van der Waals surface area contributed by atoms with Crippen molar-refractivity contribution >= 4 is 54.6 Å². The fourth-order valence-electron chi connectivity index (χ4n) is 14.2. The molecule has 0 saturated heterocycles. The third-order valence-electron chi connectivity index (χ3n) is 19.0. The van der Waals surface area contributed by atoms with Gasteiger partial charge in [-0.2, -0.15) is 21.9 Å². The van der Waals surface area contributed by atoms with E-state index in [1.165, 1.54) is 33.4 Å². The molecule has 4 aliphatic rings. The topological polar surface area (TPSA) is 263 Å². The molecule has 1 aromatic heterocycles. The van der Waals surface area contributed by atoms with Gasteiger partial charge in [0.15, 0.2) is 5.78 Å². The number of aromatic nitrogens is 2. The van der Waals surface area contributed by atoms with Crippen molar-refractivity contribution in [1.29, 1.82) is 0 Å². The molecule has 1 amide bonds. The number of nitrogens with one attached hydrogen (secondary N) is 2. The van der Waals surface area contributed by atoms with Crippen molar-refractivity contribution in [2.24, 2.45) is 11.1 Å². The van der Waals surface area contributed by atoms with Crippen LogP contribution in [0.15, 0.2) is 132 Å². The molecule has 20 nitrogen and oxygen atoms in total. The van der Waals surface area contributed by atoms with Crippen LogP contribution in [0.25, 0.3) is 11.3 Å². The number of para-hydroxylation sites is 2. The Morgan fingerprint density at radius 3 is 1.91 bits per heavy atom. The first-order valence-electron chi connectivity index (χ1n) is 34.8. The normalized spacial score (nSPS) is 18.1. The van der Waals surface area contributed by atoms with Crippen LogP contribution in [0.1, 0.15) is 160 Å². The van der Waals surface area contributed by atoms with Gasteiger partial charge in [-0.3, -0.25) is 18.7 Å². The number of anilines is 3. The number of carbonyl (C=O) groups is 2. The van der Waals surface area contributed by atoms with E-state index in [9.17, 15) is 35.5 Å². The van der Waals surface area contributed by atoms with Crippen LogP contribution in [0, 0.1) is 12.3 Å². The number of rotatable bonds is 39. The molecule has 2 aliphatic carbocycles. The number of Topliss-reactive ketones (excluding diaryl/α,β-unsaturated/α-hetero) is 1. The third-order valence-corrected chi connectivity index (χ3v) is 20.6. The maximum atomic E-state index is 13.0. The summed E-state index contributed by atoms with van der Waals surface area (Å²) in [5.74, 6) is -0.967. The lowest BCUT2D eigenvalue weighted by atomic mass is 9.75. The number of ether oxygens (including phenoxy) is 5. The number of allylic oxidation sites excluding steroid dienone is 7. The quantitative estimate of drug-likeness (QED) is 0.0181.